The molecule has 2 amide bonds. The number of nitrogens with zero attached hydrogens (tertiary/aromatic N) is 2. The van der Waals surface area contributed by atoms with Crippen molar-refractivity contribution in [1.82, 2.24) is 20.2 Å². The molecular formula is C20H22N4O4. The number of hydrogen-bond donors (Lipinski definition) is 2. The lowest BCUT2D eigenvalue weighted by Gasteiger charge is -2.29. The van der Waals surface area contributed by atoms with Crippen LogP contribution < -0.4 is 10.9 Å². The van der Waals surface area contributed by atoms with Gasteiger partial charge in [0.15, 0.2) is 5.82 Å². The van der Waals surface area contributed by atoms with Gasteiger partial charge < -0.3 is 19.9 Å². The number of amides is 2. The van der Waals surface area contributed by atoms with E-state index in [9.17, 15) is 14.4 Å². The summed E-state index contributed by atoms with van der Waals surface area (Å²) in [6, 6.07) is 6.98. The Morgan fingerprint density at radius 3 is 3.04 bits per heavy atom. The highest BCUT2D eigenvalue weighted by Gasteiger charge is 2.63. The van der Waals surface area contributed by atoms with Crippen molar-refractivity contribution in [1.29, 1.82) is 0 Å². The van der Waals surface area contributed by atoms with Crippen molar-refractivity contribution in [3.63, 3.8) is 0 Å². The number of para-hydroxylation sites is 1. The highest BCUT2D eigenvalue weighted by Crippen LogP contribution is 2.54. The third-order valence-corrected chi connectivity index (χ3v) is 6.47. The number of ether oxygens (including phenoxy) is 1. The summed E-state index contributed by atoms with van der Waals surface area (Å²) in [6.07, 6.45) is 2.02. The Bertz CT molecular complexity index is 1030. The van der Waals surface area contributed by atoms with Crippen LogP contribution in [-0.2, 0) is 9.53 Å². The number of hydrogen-bond acceptors (Lipinski definition) is 5. The number of carbonyl (C=O) groups excluding carboxylic acids is 2. The number of aromatic amines is 1. The quantitative estimate of drug-likeness (QED) is 0.812. The minimum atomic E-state index is -0.333. The maximum atomic E-state index is 13.1. The van der Waals surface area contributed by atoms with Crippen LogP contribution in [0.3, 0.4) is 0 Å². The molecule has 0 radical (unpaired) electrons. The van der Waals surface area contributed by atoms with Crippen molar-refractivity contribution in [2.75, 3.05) is 19.6 Å². The number of H-pyrrole nitrogens is 1. The summed E-state index contributed by atoms with van der Waals surface area (Å²) >= 11 is 0. The van der Waals surface area contributed by atoms with Gasteiger partial charge in [-0.05, 0) is 25.0 Å². The van der Waals surface area contributed by atoms with Gasteiger partial charge in [-0.15, -0.1) is 0 Å². The van der Waals surface area contributed by atoms with Gasteiger partial charge in [0, 0.05) is 31.8 Å². The molecule has 4 atom stereocenters. The third kappa shape index (κ3) is 2.55. The van der Waals surface area contributed by atoms with Gasteiger partial charge in [-0.1, -0.05) is 12.1 Å². The van der Waals surface area contributed by atoms with Crippen LogP contribution >= 0.6 is 0 Å². The van der Waals surface area contributed by atoms with Gasteiger partial charge in [-0.3, -0.25) is 14.4 Å². The zero-order valence-electron chi connectivity index (χ0n) is 15.6. The van der Waals surface area contributed by atoms with Crippen LogP contribution in [-0.4, -0.2) is 58.0 Å². The zero-order valence-corrected chi connectivity index (χ0v) is 15.6. The predicted octanol–water partition coefficient (Wildman–Crippen LogP) is 0.679. The standard InChI is InChI=1S/C20H22N4O4/c1-11(25)21-8-13-14-9-24(10-20(14)7-6-16(13)28-20)19(27)17-22-15-5-3-2-4-12(15)18(26)23-17/h2-5,13-14,16H,6-10H2,1H3,(H,21,25)(H,22,23,26)/t13-,14+,16+,20+/m0/s1. The average Bonchev–Trinajstić information content (AvgIpc) is 3.34. The van der Waals surface area contributed by atoms with Crippen molar-refractivity contribution in [2.24, 2.45) is 11.8 Å². The van der Waals surface area contributed by atoms with Gasteiger partial charge in [0.25, 0.3) is 11.5 Å². The Balaban J connectivity index is 1.41. The lowest BCUT2D eigenvalue weighted by atomic mass is 9.73. The summed E-state index contributed by atoms with van der Waals surface area (Å²) in [4.78, 5) is 45.5. The molecule has 0 aliphatic carbocycles. The summed E-state index contributed by atoms with van der Waals surface area (Å²) in [5, 5.41) is 3.37. The van der Waals surface area contributed by atoms with Gasteiger partial charge in [0.1, 0.15) is 0 Å². The maximum absolute atomic E-state index is 13.1. The van der Waals surface area contributed by atoms with Crippen LogP contribution in [0.2, 0.25) is 0 Å². The lowest BCUT2D eigenvalue weighted by Crippen LogP contribution is -2.41. The molecule has 2 aromatic rings. The topological polar surface area (TPSA) is 104 Å². The van der Waals surface area contributed by atoms with Crippen LogP contribution in [0.15, 0.2) is 29.1 Å². The largest absolute Gasteiger partial charge is 0.369 e. The van der Waals surface area contributed by atoms with E-state index in [1.54, 1.807) is 29.2 Å². The van der Waals surface area contributed by atoms with Crippen LogP contribution in [0.5, 0.6) is 0 Å². The molecule has 3 aliphatic rings. The smallest absolute Gasteiger partial charge is 0.289 e. The molecule has 28 heavy (non-hydrogen) atoms. The number of nitrogens with one attached hydrogen (secondary N) is 2. The van der Waals surface area contributed by atoms with Crippen molar-refractivity contribution < 1.29 is 14.3 Å². The molecule has 3 saturated heterocycles. The predicted molar refractivity (Wildman–Crippen MR) is 101 cm³/mol. The lowest BCUT2D eigenvalue weighted by molar-refractivity contribution is -0.119. The third-order valence-electron chi connectivity index (χ3n) is 6.47. The minimum Gasteiger partial charge on any atom is -0.369 e. The van der Waals surface area contributed by atoms with Crippen molar-refractivity contribution in [2.45, 2.75) is 31.5 Å². The molecule has 1 aromatic heterocycles. The van der Waals surface area contributed by atoms with E-state index in [0.29, 0.717) is 30.5 Å². The van der Waals surface area contributed by atoms with E-state index in [2.05, 4.69) is 15.3 Å². The SMILES string of the molecule is CC(=O)NC[C@H]1[C@H]2CN(C(=O)c3nc4ccccc4c(=O)[nH]3)C[C@]23CC[C@H]1O3. The van der Waals surface area contributed by atoms with Crippen LogP contribution in [0.4, 0.5) is 0 Å². The van der Waals surface area contributed by atoms with E-state index in [1.807, 2.05) is 0 Å². The highest BCUT2D eigenvalue weighted by atomic mass is 16.5. The number of benzene rings is 1. The maximum Gasteiger partial charge on any atom is 0.289 e. The van der Waals surface area contributed by atoms with Crippen molar-refractivity contribution in [3.8, 4) is 0 Å². The Hall–Kier alpha value is -2.74. The second kappa shape index (κ2) is 6.13. The molecule has 8 nitrogen and oxygen atoms in total. The zero-order chi connectivity index (χ0) is 19.5. The van der Waals surface area contributed by atoms with E-state index < -0.39 is 0 Å². The molecule has 4 heterocycles. The number of likely N-dealkylation sites (tertiary alicyclic amines) is 1. The van der Waals surface area contributed by atoms with E-state index >= 15 is 0 Å². The monoisotopic (exact) mass is 382 g/mol. The first kappa shape index (κ1) is 17.4. The Labute approximate surface area is 161 Å². The molecule has 1 aromatic carbocycles. The van der Waals surface area contributed by atoms with Gasteiger partial charge >= 0.3 is 0 Å². The Morgan fingerprint density at radius 2 is 2.21 bits per heavy atom. The average molecular weight is 382 g/mol. The van der Waals surface area contributed by atoms with Crippen LogP contribution in [0, 0.1) is 11.8 Å². The molecule has 5 rings (SSSR count). The van der Waals surface area contributed by atoms with E-state index in [4.69, 9.17) is 4.74 Å². The Kier molecular flexibility index (Phi) is 3.80. The number of rotatable bonds is 3. The molecule has 2 N–H and O–H groups in total. The summed E-state index contributed by atoms with van der Waals surface area (Å²) in [7, 11) is 0. The van der Waals surface area contributed by atoms with Crippen molar-refractivity contribution >= 4 is 22.7 Å². The molecule has 0 saturated carbocycles. The summed E-state index contributed by atoms with van der Waals surface area (Å²) in [6.45, 7) is 3.13. The second-order valence-corrected chi connectivity index (χ2v) is 8.08. The normalized spacial score (nSPS) is 30.6. The molecule has 146 valence electrons. The van der Waals surface area contributed by atoms with Crippen LogP contribution in [0.25, 0.3) is 10.9 Å². The molecule has 8 heteroatoms. The molecule has 1 spiro atoms. The first-order valence-electron chi connectivity index (χ1n) is 9.67. The van der Waals surface area contributed by atoms with E-state index in [0.717, 1.165) is 12.8 Å². The summed E-state index contributed by atoms with van der Waals surface area (Å²) < 4.78 is 6.30. The van der Waals surface area contributed by atoms with Gasteiger partial charge in [0.2, 0.25) is 5.91 Å². The fraction of sp³-hybridized carbons (Fsp3) is 0.500. The minimum absolute atomic E-state index is 0.0549. The molecule has 3 aliphatic heterocycles. The van der Waals surface area contributed by atoms with E-state index in [1.165, 1.54) is 6.92 Å². The number of aromatic nitrogens is 2. The van der Waals surface area contributed by atoms with Crippen LogP contribution in [0.1, 0.15) is 30.4 Å². The number of fused-ring (bicyclic) bond motifs is 2. The van der Waals surface area contributed by atoms with Gasteiger partial charge in [-0.25, -0.2) is 4.98 Å². The van der Waals surface area contributed by atoms with Crippen molar-refractivity contribution in [3.05, 3.63) is 40.4 Å². The first-order chi connectivity index (χ1) is 13.5. The fourth-order valence-corrected chi connectivity index (χ4v) is 5.22. The molecule has 2 bridgehead atoms. The Morgan fingerprint density at radius 1 is 1.39 bits per heavy atom. The molecule has 0 unspecified atom stereocenters. The second-order valence-electron chi connectivity index (χ2n) is 8.08. The van der Waals surface area contributed by atoms with Gasteiger partial charge in [0.05, 0.1) is 29.2 Å². The highest BCUT2D eigenvalue weighted by molar-refractivity contribution is 5.93. The van der Waals surface area contributed by atoms with E-state index in [-0.39, 0.29) is 46.7 Å². The molecule has 3 fully saturated rings. The van der Waals surface area contributed by atoms with Gasteiger partial charge in [-0.2, -0.15) is 0 Å². The molecular weight excluding hydrogens is 360 g/mol. The first-order valence-corrected chi connectivity index (χ1v) is 9.67. The summed E-state index contributed by atoms with van der Waals surface area (Å²) in [5.74, 6) is 0.124. The fourth-order valence-electron chi connectivity index (χ4n) is 5.22. The summed E-state index contributed by atoms with van der Waals surface area (Å²) in [5.41, 5.74) is -0.138. The number of carbonyl (C=O) groups is 2.